The van der Waals surface area contributed by atoms with Crippen LogP contribution >= 0.6 is 0 Å². The summed E-state index contributed by atoms with van der Waals surface area (Å²) in [7, 11) is 0. The summed E-state index contributed by atoms with van der Waals surface area (Å²) < 4.78 is 21.2. The van der Waals surface area contributed by atoms with Crippen molar-refractivity contribution in [3.8, 4) is 0 Å². The van der Waals surface area contributed by atoms with E-state index in [2.05, 4.69) is 6.92 Å². The van der Waals surface area contributed by atoms with Crippen LogP contribution in [0.5, 0.6) is 0 Å². The summed E-state index contributed by atoms with van der Waals surface area (Å²) in [5.74, 6) is 0. The van der Waals surface area contributed by atoms with E-state index in [9.17, 15) is 4.79 Å². The van der Waals surface area contributed by atoms with Crippen LogP contribution in [-0.4, -0.2) is 76.4 Å². The number of carbonyl (C=O) groups excluding carboxylic acids is 1. The summed E-state index contributed by atoms with van der Waals surface area (Å²) in [5, 5.41) is 0. The summed E-state index contributed by atoms with van der Waals surface area (Å²) in [6.45, 7) is 7.09. The minimum absolute atomic E-state index is 0.187. The molecule has 1 amide bonds. The van der Waals surface area contributed by atoms with E-state index in [1.165, 1.54) is 0 Å². The van der Waals surface area contributed by atoms with Crippen molar-refractivity contribution in [3.05, 3.63) is 0 Å². The number of cyclic esters (lactones) is 1. The molecule has 21 heavy (non-hydrogen) atoms. The maximum absolute atomic E-state index is 11.4. The molecule has 0 bridgehead atoms. The highest BCUT2D eigenvalue weighted by molar-refractivity contribution is 5.69. The Morgan fingerprint density at radius 2 is 1.76 bits per heavy atom. The lowest BCUT2D eigenvalue weighted by Gasteiger charge is -2.12. The van der Waals surface area contributed by atoms with E-state index in [1.807, 2.05) is 0 Å². The maximum Gasteiger partial charge on any atom is 0.410 e. The Kier molecular flexibility index (Phi) is 10.1. The van der Waals surface area contributed by atoms with Crippen molar-refractivity contribution in [2.24, 2.45) is 5.73 Å². The molecular formula is C14H28N2O5. The fraction of sp³-hybridized carbons (Fsp3) is 0.929. The molecule has 1 heterocycles. The van der Waals surface area contributed by atoms with Gasteiger partial charge in [-0.05, 0) is 6.42 Å². The quantitative estimate of drug-likeness (QED) is 0.502. The average molecular weight is 304 g/mol. The smallest absolute Gasteiger partial charge is 0.410 e. The number of carbonyl (C=O) groups is 1. The number of nitrogens with two attached hydrogens (primary N) is 1. The first-order valence-corrected chi connectivity index (χ1v) is 7.66. The second-order valence-electron chi connectivity index (χ2n) is 4.88. The van der Waals surface area contributed by atoms with E-state index in [1.54, 1.807) is 4.90 Å². The van der Waals surface area contributed by atoms with Crippen LogP contribution in [0.25, 0.3) is 0 Å². The van der Waals surface area contributed by atoms with Gasteiger partial charge in [0.25, 0.3) is 0 Å². The van der Waals surface area contributed by atoms with Gasteiger partial charge in [0.15, 0.2) is 0 Å². The molecule has 7 nitrogen and oxygen atoms in total. The van der Waals surface area contributed by atoms with Gasteiger partial charge in [0.1, 0.15) is 6.10 Å². The second-order valence-corrected chi connectivity index (χ2v) is 4.88. The summed E-state index contributed by atoms with van der Waals surface area (Å²) in [6, 6.07) is 0. The zero-order valence-corrected chi connectivity index (χ0v) is 12.9. The lowest BCUT2D eigenvalue weighted by molar-refractivity contribution is 0.0119. The van der Waals surface area contributed by atoms with Gasteiger partial charge in [-0.3, -0.25) is 0 Å². The molecule has 1 fully saturated rings. The largest absolute Gasteiger partial charge is 0.443 e. The van der Waals surface area contributed by atoms with Crippen molar-refractivity contribution in [2.75, 3.05) is 59.3 Å². The number of hydrogen-bond donors (Lipinski definition) is 1. The fourth-order valence-electron chi connectivity index (χ4n) is 1.84. The molecule has 124 valence electrons. The highest BCUT2D eigenvalue weighted by Crippen LogP contribution is 2.09. The number of nitrogens with zero attached hydrogens (tertiary/aromatic N) is 1. The normalized spacial score (nSPS) is 18.3. The molecule has 1 rings (SSSR count). The SMILES string of the molecule is CCCCOCCOCCOCCN1CC(CN)OC1=O. The van der Waals surface area contributed by atoms with Crippen LogP contribution in [0.15, 0.2) is 0 Å². The van der Waals surface area contributed by atoms with Gasteiger partial charge >= 0.3 is 6.09 Å². The predicted molar refractivity (Wildman–Crippen MR) is 78.3 cm³/mol. The van der Waals surface area contributed by atoms with Gasteiger partial charge in [-0.1, -0.05) is 13.3 Å². The third-order valence-electron chi connectivity index (χ3n) is 3.10. The number of amides is 1. The molecule has 0 aromatic carbocycles. The predicted octanol–water partition coefficient (Wildman–Crippen LogP) is 0.616. The summed E-state index contributed by atoms with van der Waals surface area (Å²) >= 11 is 0. The number of unbranched alkanes of at least 4 members (excludes halogenated alkanes) is 1. The number of ether oxygens (including phenoxy) is 4. The van der Waals surface area contributed by atoms with Crippen LogP contribution < -0.4 is 5.73 Å². The van der Waals surface area contributed by atoms with Crippen molar-refractivity contribution in [1.29, 1.82) is 0 Å². The first-order chi connectivity index (χ1) is 10.3. The first kappa shape index (κ1) is 18.2. The van der Waals surface area contributed by atoms with Gasteiger partial charge < -0.3 is 29.6 Å². The Hall–Kier alpha value is -0.890. The second kappa shape index (κ2) is 11.7. The van der Waals surface area contributed by atoms with E-state index in [0.717, 1.165) is 19.4 Å². The van der Waals surface area contributed by atoms with Gasteiger partial charge in [0.2, 0.25) is 0 Å². The van der Waals surface area contributed by atoms with Gasteiger partial charge in [-0.25, -0.2) is 4.79 Å². The average Bonchev–Trinajstić information content (AvgIpc) is 2.85. The molecule has 1 atom stereocenters. The number of hydrogen-bond acceptors (Lipinski definition) is 6. The monoisotopic (exact) mass is 304 g/mol. The van der Waals surface area contributed by atoms with Crippen LogP contribution in [-0.2, 0) is 18.9 Å². The van der Waals surface area contributed by atoms with Crippen LogP contribution in [0.2, 0.25) is 0 Å². The highest BCUT2D eigenvalue weighted by Gasteiger charge is 2.29. The molecule has 0 saturated carbocycles. The fourth-order valence-corrected chi connectivity index (χ4v) is 1.84. The Morgan fingerprint density at radius 3 is 2.33 bits per heavy atom. The lowest BCUT2D eigenvalue weighted by atomic mass is 10.3. The zero-order valence-electron chi connectivity index (χ0n) is 12.9. The molecule has 1 aliphatic rings. The Bertz CT molecular complexity index is 278. The molecule has 1 unspecified atom stereocenters. The molecule has 7 heteroatoms. The van der Waals surface area contributed by atoms with Crippen LogP contribution in [0.4, 0.5) is 4.79 Å². The van der Waals surface area contributed by atoms with Crippen molar-refractivity contribution in [2.45, 2.75) is 25.9 Å². The Morgan fingerprint density at radius 1 is 1.14 bits per heavy atom. The van der Waals surface area contributed by atoms with Crippen LogP contribution in [0, 0.1) is 0 Å². The van der Waals surface area contributed by atoms with Gasteiger partial charge in [0.05, 0.1) is 39.6 Å². The van der Waals surface area contributed by atoms with E-state index >= 15 is 0 Å². The van der Waals surface area contributed by atoms with E-state index < -0.39 is 0 Å². The standard InChI is InChI=1S/C14H28N2O5/c1-2-3-5-18-7-9-20-10-8-19-6-4-16-12-13(11-15)21-14(16)17/h13H,2-12,15H2,1H3. The molecular weight excluding hydrogens is 276 g/mol. The van der Waals surface area contributed by atoms with Crippen LogP contribution in [0.3, 0.4) is 0 Å². The Labute approximate surface area is 126 Å². The van der Waals surface area contributed by atoms with Gasteiger partial charge in [0, 0.05) is 19.7 Å². The van der Waals surface area contributed by atoms with Crippen molar-refractivity contribution in [1.82, 2.24) is 4.90 Å². The molecule has 2 N–H and O–H groups in total. The van der Waals surface area contributed by atoms with E-state index in [4.69, 9.17) is 24.7 Å². The Balaban J connectivity index is 1.84. The minimum Gasteiger partial charge on any atom is -0.443 e. The summed E-state index contributed by atoms with van der Waals surface area (Å²) in [4.78, 5) is 13.0. The zero-order chi connectivity index (χ0) is 15.3. The molecule has 0 radical (unpaired) electrons. The lowest BCUT2D eigenvalue weighted by Crippen LogP contribution is -2.30. The summed E-state index contributed by atoms with van der Waals surface area (Å²) in [5.41, 5.74) is 5.46. The van der Waals surface area contributed by atoms with Crippen LogP contribution in [0.1, 0.15) is 19.8 Å². The minimum atomic E-state index is -0.311. The molecule has 0 spiro atoms. The molecule has 0 aromatic rings. The summed E-state index contributed by atoms with van der Waals surface area (Å²) in [6.07, 6.45) is 1.74. The number of rotatable bonds is 13. The maximum atomic E-state index is 11.4. The molecule has 1 aliphatic heterocycles. The topological polar surface area (TPSA) is 83.2 Å². The van der Waals surface area contributed by atoms with E-state index in [-0.39, 0.29) is 12.2 Å². The highest BCUT2D eigenvalue weighted by atomic mass is 16.6. The van der Waals surface area contributed by atoms with Gasteiger partial charge in [-0.2, -0.15) is 0 Å². The van der Waals surface area contributed by atoms with Crippen molar-refractivity contribution >= 4 is 6.09 Å². The molecule has 0 aliphatic carbocycles. The van der Waals surface area contributed by atoms with Crippen molar-refractivity contribution < 1.29 is 23.7 Å². The first-order valence-electron chi connectivity index (χ1n) is 7.66. The van der Waals surface area contributed by atoms with Gasteiger partial charge in [-0.15, -0.1) is 0 Å². The third kappa shape index (κ3) is 8.21. The van der Waals surface area contributed by atoms with E-state index in [0.29, 0.717) is 52.7 Å². The third-order valence-corrected chi connectivity index (χ3v) is 3.10. The van der Waals surface area contributed by atoms with Crippen molar-refractivity contribution in [3.63, 3.8) is 0 Å². The molecule has 0 aromatic heterocycles. The molecule has 1 saturated heterocycles.